The van der Waals surface area contributed by atoms with Crippen LogP contribution in [0.25, 0.3) is 0 Å². The smallest absolute Gasteiger partial charge is 0.252 e. The quantitative estimate of drug-likeness (QED) is 0.592. The molecule has 0 saturated carbocycles. The van der Waals surface area contributed by atoms with Crippen molar-refractivity contribution in [2.75, 3.05) is 30.6 Å². The van der Waals surface area contributed by atoms with Crippen molar-refractivity contribution >= 4 is 54.3 Å². The second-order valence-electron chi connectivity index (χ2n) is 7.30. The number of carbonyl (C=O) groups excluding carboxylic acids is 1. The van der Waals surface area contributed by atoms with E-state index in [-0.39, 0.29) is 35.1 Å². The molecule has 2 aliphatic rings. The van der Waals surface area contributed by atoms with E-state index < -0.39 is 9.84 Å². The average molecular weight is 525 g/mol. The van der Waals surface area contributed by atoms with Crippen LogP contribution >= 0.6 is 27.7 Å². The summed E-state index contributed by atoms with van der Waals surface area (Å²) in [6.07, 6.45) is 0.103. The minimum atomic E-state index is -3.11. The van der Waals surface area contributed by atoms with Gasteiger partial charge in [-0.2, -0.15) is 4.99 Å². The second-order valence-corrected chi connectivity index (χ2v) is 11.6. The van der Waals surface area contributed by atoms with Crippen LogP contribution in [0.3, 0.4) is 0 Å². The van der Waals surface area contributed by atoms with Gasteiger partial charge in [-0.05, 0) is 42.0 Å². The predicted octanol–water partition coefficient (Wildman–Crippen LogP) is 3.31. The summed E-state index contributed by atoms with van der Waals surface area (Å²) < 4.78 is 35.8. The van der Waals surface area contributed by atoms with E-state index in [1.54, 1.807) is 32.4 Å². The molecule has 0 radical (unpaired) electrons. The van der Waals surface area contributed by atoms with Crippen LogP contribution in [-0.2, 0) is 21.1 Å². The Morgan fingerprint density at radius 2 is 1.84 bits per heavy atom. The number of amides is 1. The van der Waals surface area contributed by atoms with Gasteiger partial charge in [0.05, 0.1) is 38.2 Å². The fourth-order valence-electron chi connectivity index (χ4n) is 3.78. The molecule has 2 fully saturated rings. The molecular formula is C21H21BrN2O5S2. The minimum absolute atomic E-state index is 0.0591. The normalized spacial score (nSPS) is 23.1. The van der Waals surface area contributed by atoms with E-state index in [9.17, 15) is 13.2 Å². The van der Waals surface area contributed by atoms with Gasteiger partial charge in [0.25, 0.3) is 5.91 Å². The summed E-state index contributed by atoms with van der Waals surface area (Å²) in [4.78, 5) is 19.0. The number of benzene rings is 2. The first-order chi connectivity index (χ1) is 14.8. The van der Waals surface area contributed by atoms with Gasteiger partial charge in [-0.25, -0.2) is 8.42 Å². The number of hydrogen-bond donors (Lipinski definition) is 0. The van der Waals surface area contributed by atoms with Crippen LogP contribution in [0.1, 0.15) is 5.56 Å². The number of aliphatic imine (C=N–C) groups is 1. The van der Waals surface area contributed by atoms with Crippen molar-refractivity contribution in [3.63, 3.8) is 0 Å². The Morgan fingerprint density at radius 1 is 1.13 bits per heavy atom. The second kappa shape index (κ2) is 8.84. The first-order valence-electron chi connectivity index (χ1n) is 9.54. The molecule has 0 bridgehead atoms. The highest BCUT2D eigenvalue weighted by Gasteiger charge is 2.49. The number of amidine groups is 1. The number of sulfone groups is 1. The Kier molecular flexibility index (Phi) is 6.32. The van der Waals surface area contributed by atoms with Crippen molar-refractivity contribution in [2.24, 2.45) is 4.99 Å². The number of nitrogens with zero attached hydrogens (tertiary/aromatic N) is 2. The number of ether oxygens (including phenoxy) is 2. The van der Waals surface area contributed by atoms with E-state index in [0.29, 0.717) is 16.7 Å². The van der Waals surface area contributed by atoms with Gasteiger partial charge in [0.1, 0.15) is 0 Å². The summed E-state index contributed by atoms with van der Waals surface area (Å²) in [5, 5.41) is 0.402. The maximum atomic E-state index is 12.8. The van der Waals surface area contributed by atoms with Gasteiger partial charge in [0.2, 0.25) is 0 Å². The number of halogens is 1. The number of fused-ring (bicyclic) bond motifs is 1. The van der Waals surface area contributed by atoms with Gasteiger partial charge >= 0.3 is 0 Å². The highest BCUT2D eigenvalue weighted by Crippen LogP contribution is 2.41. The Hall–Kier alpha value is -2.04. The van der Waals surface area contributed by atoms with Crippen molar-refractivity contribution in [3.05, 3.63) is 52.5 Å². The maximum absolute atomic E-state index is 12.8. The zero-order valence-electron chi connectivity index (χ0n) is 16.9. The van der Waals surface area contributed by atoms with Crippen molar-refractivity contribution < 1.29 is 22.7 Å². The van der Waals surface area contributed by atoms with Crippen molar-refractivity contribution in [2.45, 2.75) is 17.7 Å². The molecule has 7 nitrogen and oxygen atoms in total. The van der Waals surface area contributed by atoms with E-state index in [4.69, 9.17) is 9.47 Å². The Morgan fingerprint density at radius 3 is 2.52 bits per heavy atom. The summed E-state index contributed by atoms with van der Waals surface area (Å²) >= 11 is 4.78. The van der Waals surface area contributed by atoms with Crippen molar-refractivity contribution in [3.8, 4) is 11.5 Å². The lowest BCUT2D eigenvalue weighted by atomic mass is 10.1. The van der Waals surface area contributed by atoms with Gasteiger partial charge in [-0.3, -0.25) is 4.79 Å². The van der Waals surface area contributed by atoms with Crippen LogP contribution in [0.4, 0.5) is 5.69 Å². The molecule has 2 heterocycles. The lowest BCUT2D eigenvalue weighted by Gasteiger charge is -2.24. The molecule has 1 amide bonds. The molecular weight excluding hydrogens is 504 g/mol. The van der Waals surface area contributed by atoms with E-state index in [1.165, 1.54) is 11.8 Å². The zero-order valence-corrected chi connectivity index (χ0v) is 20.2. The number of methoxy groups -OCH3 is 2. The SMILES string of the molecule is COc1ccc(CC(=O)N=C2S[C@H]3CS(=O)(=O)C[C@H]3N2c2ccc(Br)cc2)cc1OC. The lowest BCUT2D eigenvalue weighted by Crippen LogP contribution is -2.37. The first-order valence-corrected chi connectivity index (χ1v) is 13.0. The van der Waals surface area contributed by atoms with Crippen LogP contribution in [0.5, 0.6) is 11.5 Å². The maximum Gasteiger partial charge on any atom is 0.252 e. The number of rotatable bonds is 5. The van der Waals surface area contributed by atoms with E-state index >= 15 is 0 Å². The number of carbonyl (C=O) groups is 1. The first kappa shape index (κ1) is 22.2. The summed E-state index contributed by atoms with van der Waals surface area (Å²) in [5.74, 6) is 0.986. The highest BCUT2D eigenvalue weighted by molar-refractivity contribution is 9.10. The molecule has 0 N–H and O–H groups in total. The Bertz CT molecular complexity index is 1130. The fourth-order valence-corrected chi connectivity index (χ4v) is 7.98. The number of hydrogen-bond acceptors (Lipinski definition) is 6. The number of thioether (sulfide) groups is 1. The third-order valence-corrected chi connectivity index (χ3v) is 8.93. The van der Waals surface area contributed by atoms with Crippen LogP contribution in [-0.4, -0.2) is 56.5 Å². The molecule has 4 rings (SSSR count). The van der Waals surface area contributed by atoms with Crippen LogP contribution in [0, 0.1) is 0 Å². The third kappa shape index (κ3) is 4.75. The van der Waals surface area contributed by atoms with E-state index in [1.807, 2.05) is 29.2 Å². The standard InChI is InChI=1S/C21H21BrN2O5S2/c1-28-17-8-3-13(9-18(17)29-2)10-20(25)23-21-24(15-6-4-14(22)5-7-15)16-11-31(26,27)12-19(16)30-21/h3-9,16,19H,10-12H2,1-2H3/t16-,19+/m1/s1. The van der Waals surface area contributed by atoms with Gasteiger partial charge in [-0.15, -0.1) is 0 Å². The molecule has 2 saturated heterocycles. The lowest BCUT2D eigenvalue weighted by molar-refractivity contribution is -0.117. The molecule has 10 heteroatoms. The molecule has 164 valence electrons. The topological polar surface area (TPSA) is 85.3 Å². The summed E-state index contributed by atoms with van der Waals surface area (Å²) in [7, 11) is -0.00810. The predicted molar refractivity (Wildman–Crippen MR) is 126 cm³/mol. The van der Waals surface area contributed by atoms with Gasteiger partial charge in [-0.1, -0.05) is 33.8 Å². The molecule has 0 spiro atoms. The Labute approximate surface area is 193 Å². The Balaban J connectivity index is 1.60. The van der Waals surface area contributed by atoms with Crippen LogP contribution < -0.4 is 14.4 Å². The third-order valence-electron chi connectivity index (χ3n) is 5.20. The minimum Gasteiger partial charge on any atom is -0.493 e. The van der Waals surface area contributed by atoms with Gasteiger partial charge in [0.15, 0.2) is 26.5 Å². The molecule has 2 atom stereocenters. The van der Waals surface area contributed by atoms with Crippen LogP contribution in [0.15, 0.2) is 51.9 Å². The van der Waals surface area contributed by atoms with Crippen molar-refractivity contribution in [1.82, 2.24) is 0 Å². The fraction of sp³-hybridized carbons (Fsp3) is 0.333. The zero-order chi connectivity index (χ0) is 22.2. The summed E-state index contributed by atoms with van der Waals surface area (Å²) in [6, 6.07) is 12.6. The molecule has 2 aromatic rings. The summed E-state index contributed by atoms with van der Waals surface area (Å²) in [6.45, 7) is 0. The molecule has 0 aromatic heterocycles. The molecule has 31 heavy (non-hydrogen) atoms. The molecule has 2 aliphatic heterocycles. The van der Waals surface area contributed by atoms with E-state index in [2.05, 4.69) is 20.9 Å². The largest absolute Gasteiger partial charge is 0.493 e. The monoisotopic (exact) mass is 524 g/mol. The van der Waals surface area contributed by atoms with Gasteiger partial charge < -0.3 is 14.4 Å². The molecule has 0 unspecified atom stereocenters. The summed E-state index contributed by atoms with van der Waals surface area (Å²) in [5.41, 5.74) is 1.57. The van der Waals surface area contributed by atoms with Crippen molar-refractivity contribution in [1.29, 1.82) is 0 Å². The molecule has 0 aliphatic carbocycles. The highest BCUT2D eigenvalue weighted by atomic mass is 79.9. The number of anilines is 1. The average Bonchev–Trinajstić information content (AvgIpc) is 3.19. The van der Waals surface area contributed by atoms with Crippen LogP contribution in [0.2, 0.25) is 0 Å². The van der Waals surface area contributed by atoms with Gasteiger partial charge in [0, 0.05) is 15.4 Å². The molecule has 2 aromatic carbocycles. The van der Waals surface area contributed by atoms with E-state index in [0.717, 1.165) is 15.7 Å².